The van der Waals surface area contributed by atoms with E-state index in [-0.39, 0.29) is 5.56 Å². The van der Waals surface area contributed by atoms with Crippen LogP contribution in [0.4, 0.5) is 0 Å². The fourth-order valence-electron chi connectivity index (χ4n) is 4.91. The van der Waals surface area contributed by atoms with Gasteiger partial charge in [-0.1, -0.05) is 31.7 Å². The van der Waals surface area contributed by atoms with Crippen molar-refractivity contribution >= 4 is 5.96 Å². The number of piperidine rings is 1. The zero-order valence-corrected chi connectivity index (χ0v) is 18.2. The monoisotopic (exact) mass is 401 g/mol. The maximum absolute atomic E-state index is 11.7. The second kappa shape index (κ2) is 11.4. The molecule has 29 heavy (non-hydrogen) atoms. The standard InChI is InChI=1S/C23H39N5O/c1-24-22(25-15-7-11-17-27-16-10-4-12-21(27)29)26-20-23(13-5-2-6-14-23)28-18-8-3-9-19-28/h4,10,12,16H,2-3,5-9,11,13-15,17-20H2,1H3,(H2,24,25,26). The first-order chi connectivity index (χ1) is 14.2. The molecule has 1 aromatic rings. The van der Waals surface area contributed by atoms with Gasteiger partial charge in [0.2, 0.25) is 5.56 Å². The van der Waals surface area contributed by atoms with E-state index in [9.17, 15) is 4.79 Å². The summed E-state index contributed by atoms with van der Waals surface area (Å²) >= 11 is 0. The first-order valence-electron chi connectivity index (χ1n) is 11.6. The number of likely N-dealkylation sites (tertiary alicyclic amines) is 1. The molecule has 0 bridgehead atoms. The summed E-state index contributed by atoms with van der Waals surface area (Å²) in [5.74, 6) is 0.906. The van der Waals surface area contributed by atoms with Crippen molar-refractivity contribution in [1.82, 2.24) is 20.1 Å². The van der Waals surface area contributed by atoms with E-state index < -0.39 is 0 Å². The third-order valence-corrected chi connectivity index (χ3v) is 6.64. The van der Waals surface area contributed by atoms with E-state index in [0.717, 1.165) is 38.4 Å². The van der Waals surface area contributed by atoms with Crippen LogP contribution in [0.15, 0.2) is 34.2 Å². The minimum atomic E-state index is 0.0772. The molecule has 6 heteroatoms. The van der Waals surface area contributed by atoms with Crippen molar-refractivity contribution in [2.75, 3.05) is 33.2 Å². The van der Waals surface area contributed by atoms with Gasteiger partial charge in [-0.25, -0.2) is 0 Å². The van der Waals surface area contributed by atoms with Gasteiger partial charge in [0.1, 0.15) is 0 Å². The number of guanidine groups is 1. The summed E-state index contributed by atoms with van der Waals surface area (Å²) in [5.41, 5.74) is 0.388. The molecule has 2 heterocycles. The van der Waals surface area contributed by atoms with Crippen LogP contribution in [0.25, 0.3) is 0 Å². The quantitative estimate of drug-likeness (QED) is 0.399. The number of aromatic nitrogens is 1. The molecule has 0 aromatic carbocycles. The van der Waals surface area contributed by atoms with E-state index in [1.165, 1.54) is 64.5 Å². The first-order valence-corrected chi connectivity index (χ1v) is 11.6. The van der Waals surface area contributed by atoms with E-state index in [1.54, 1.807) is 16.7 Å². The van der Waals surface area contributed by atoms with E-state index in [1.807, 2.05) is 19.3 Å². The van der Waals surface area contributed by atoms with E-state index >= 15 is 0 Å². The zero-order chi connectivity index (χ0) is 20.4. The lowest BCUT2D eigenvalue weighted by Gasteiger charge is -2.48. The van der Waals surface area contributed by atoms with Crippen molar-refractivity contribution < 1.29 is 0 Å². The molecule has 2 aliphatic rings. The lowest BCUT2D eigenvalue weighted by Crippen LogP contribution is -2.59. The highest BCUT2D eigenvalue weighted by Crippen LogP contribution is 2.35. The summed E-state index contributed by atoms with van der Waals surface area (Å²) in [6, 6.07) is 5.32. The van der Waals surface area contributed by atoms with Crippen LogP contribution in [0.3, 0.4) is 0 Å². The Hall–Kier alpha value is -1.82. The van der Waals surface area contributed by atoms with Gasteiger partial charge in [-0.15, -0.1) is 0 Å². The van der Waals surface area contributed by atoms with Crippen LogP contribution in [0, 0.1) is 0 Å². The molecule has 2 fully saturated rings. The molecular weight excluding hydrogens is 362 g/mol. The predicted octanol–water partition coefficient (Wildman–Crippen LogP) is 2.98. The number of hydrogen-bond acceptors (Lipinski definition) is 3. The normalized spacial score (nSPS) is 20.4. The fraction of sp³-hybridized carbons (Fsp3) is 0.739. The average Bonchev–Trinajstić information content (AvgIpc) is 2.78. The summed E-state index contributed by atoms with van der Waals surface area (Å²) in [6.45, 7) is 5.15. The van der Waals surface area contributed by atoms with Crippen LogP contribution in [0.2, 0.25) is 0 Å². The molecule has 1 saturated heterocycles. The van der Waals surface area contributed by atoms with Crippen molar-refractivity contribution in [3.05, 3.63) is 34.7 Å². The Morgan fingerprint density at radius 1 is 1.03 bits per heavy atom. The van der Waals surface area contributed by atoms with Crippen molar-refractivity contribution in [2.24, 2.45) is 4.99 Å². The molecule has 0 amide bonds. The minimum absolute atomic E-state index is 0.0772. The molecule has 1 aliphatic heterocycles. The molecule has 1 saturated carbocycles. The van der Waals surface area contributed by atoms with Crippen LogP contribution in [-0.4, -0.2) is 54.2 Å². The van der Waals surface area contributed by atoms with Crippen molar-refractivity contribution in [2.45, 2.75) is 76.3 Å². The largest absolute Gasteiger partial charge is 0.356 e. The summed E-state index contributed by atoms with van der Waals surface area (Å²) in [6.07, 6.45) is 14.6. The SMILES string of the molecule is CN=C(NCCCCn1ccccc1=O)NCC1(N2CCCCC2)CCCCC1. The summed E-state index contributed by atoms with van der Waals surface area (Å²) in [5, 5.41) is 7.10. The molecule has 3 rings (SSSR count). The Kier molecular flexibility index (Phi) is 8.59. The fourth-order valence-corrected chi connectivity index (χ4v) is 4.91. The number of pyridine rings is 1. The highest BCUT2D eigenvalue weighted by Gasteiger charge is 2.38. The molecule has 6 nitrogen and oxygen atoms in total. The number of nitrogens with one attached hydrogen (secondary N) is 2. The van der Waals surface area contributed by atoms with Gasteiger partial charge in [-0.3, -0.25) is 14.7 Å². The third kappa shape index (κ3) is 6.33. The number of unbranched alkanes of at least 4 members (excludes halogenated alkanes) is 1. The van der Waals surface area contributed by atoms with Gasteiger partial charge >= 0.3 is 0 Å². The molecule has 0 spiro atoms. The molecule has 1 aliphatic carbocycles. The second-order valence-corrected chi connectivity index (χ2v) is 8.62. The smallest absolute Gasteiger partial charge is 0.250 e. The number of nitrogens with zero attached hydrogens (tertiary/aromatic N) is 3. The Morgan fingerprint density at radius 2 is 1.79 bits per heavy atom. The summed E-state index contributed by atoms with van der Waals surface area (Å²) in [7, 11) is 1.85. The molecule has 1 aromatic heterocycles. The van der Waals surface area contributed by atoms with E-state index in [2.05, 4.69) is 20.5 Å². The van der Waals surface area contributed by atoms with Crippen molar-refractivity contribution in [3.63, 3.8) is 0 Å². The maximum Gasteiger partial charge on any atom is 0.250 e. The molecule has 0 radical (unpaired) electrons. The zero-order valence-electron chi connectivity index (χ0n) is 18.2. The van der Waals surface area contributed by atoms with Gasteiger partial charge < -0.3 is 15.2 Å². The lowest BCUT2D eigenvalue weighted by molar-refractivity contribution is 0.0368. The summed E-state index contributed by atoms with van der Waals surface area (Å²) in [4.78, 5) is 19.0. The highest BCUT2D eigenvalue weighted by molar-refractivity contribution is 5.79. The van der Waals surface area contributed by atoms with Gasteiger partial charge in [-0.2, -0.15) is 0 Å². The van der Waals surface area contributed by atoms with Crippen molar-refractivity contribution in [1.29, 1.82) is 0 Å². The van der Waals surface area contributed by atoms with Crippen LogP contribution in [0.5, 0.6) is 0 Å². The molecule has 0 unspecified atom stereocenters. The molecule has 0 atom stereocenters. The van der Waals surface area contributed by atoms with Crippen LogP contribution < -0.4 is 16.2 Å². The summed E-state index contributed by atoms with van der Waals surface area (Å²) < 4.78 is 1.78. The van der Waals surface area contributed by atoms with E-state index in [4.69, 9.17) is 0 Å². The van der Waals surface area contributed by atoms with Gasteiger partial charge in [0, 0.05) is 44.5 Å². The Morgan fingerprint density at radius 3 is 2.52 bits per heavy atom. The number of rotatable bonds is 8. The van der Waals surface area contributed by atoms with Crippen molar-refractivity contribution in [3.8, 4) is 0 Å². The Labute approximate surface area is 175 Å². The number of hydrogen-bond donors (Lipinski definition) is 2. The minimum Gasteiger partial charge on any atom is -0.356 e. The molecule has 162 valence electrons. The van der Waals surface area contributed by atoms with Gasteiger partial charge in [0.05, 0.1) is 0 Å². The Bertz CT molecular complexity index is 687. The maximum atomic E-state index is 11.7. The topological polar surface area (TPSA) is 61.7 Å². The van der Waals surface area contributed by atoms with Crippen LogP contribution >= 0.6 is 0 Å². The first kappa shape index (κ1) is 21.9. The third-order valence-electron chi connectivity index (χ3n) is 6.64. The number of aryl methyl sites for hydroxylation is 1. The van der Waals surface area contributed by atoms with Crippen LogP contribution in [0.1, 0.15) is 64.2 Å². The number of aliphatic imine (C=N–C) groups is 1. The van der Waals surface area contributed by atoms with E-state index in [0.29, 0.717) is 5.54 Å². The predicted molar refractivity (Wildman–Crippen MR) is 121 cm³/mol. The molecular formula is C23H39N5O. The van der Waals surface area contributed by atoms with Crippen LogP contribution in [-0.2, 0) is 6.54 Å². The van der Waals surface area contributed by atoms with Gasteiger partial charge in [0.25, 0.3) is 0 Å². The van der Waals surface area contributed by atoms with Gasteiger partial charge in [0.15, 0.2) is 5.96 Å². The lowest BCUT2D eigenvalue weighted by atomic mass is 9.79. The van der Waals surface area contributed by atoms with Gasteiger partial charge in [-0.05, 0) is 57.7 Å². The Balaban J connectivity index is 1.42. The average molecular weight is 402 g/mol. The second-order valence-electron chi connectivity index (χ2n) is 8.62. The molecule has 2 N–H and O–H groups in total. The highest BCUT2D eigenvalue weighted by atomic mass is 16.1.